The first kappa shape index (κ1) is 12.1. The predicted molar refractivity (Wildman–Crippen MR) is 72.8 cm³/mol. The number of thiophene rings is 1. The molecule has 2 nitrogen and oxygen atoms in total. The fourth-order valence-electron chi connectivity index (χ4n) is 1.36. The van der Waals surface area contributed by atoms with Crippen LogP contribution in [0.3, 0.4) is 0 Å². The summed E-state index contributed by atoms with van der Waals surface area (Å²) in [6.07, 6.45) is 2.38. The van der Waals surface area contributed by atoms with E-state index in [1.807, 2.05) is 6.07 Å². The number of aromatic nitrogens is 2. The lowest BCUT2D eigenvalue weighted by Gasteiger charge is -2.00. The molecule has 0 unspecified atom stereocenters. The van der Waals surface area contributed by atoms with Crippen LogP contribution in [0.4, 0.5) is 0 Å². The summed E-state index contributed by atoms with van der Waals surface area (Å²) in [5.41, 5.74) is 0. The van der Waals surface area contributed by atoms with Crippen LogP contribution in [-0.4, -0.2) is 15.7 Å². The van der Waals surface area contributed by atoms with E-state index >= 15 is 0 Å². The minimum Gasteiger partial charge on any atom is -0.211 e. The van der Waals surface area contributed by atoms with Gasteiger partial charge in [-0.2, -0.15) is 0 Å². The van der Waals surface area contributed by atoms with E-state index in [-0.39, 0.29) is 0 Å². The van der Waals surface area contributed by atoms with E-state index in [2.05, 4.69) is 23.8 Å². The van der Waals surface area contributed by atoms with Crippen LogP contribution in [0.15, 0.2) is 11.2 Å². The van der Waals surface area contributed by atoms with Crippen LogP contribution in [0.2, 0.25) is 5.15 Å². The maximum absolute atomic E-state index is 6.13. The fraction of sp³-hybridized carbons (Fsp3) is 0.455. The molecule has 5 heteroatoms. The van der Waals surface area contributed by atoms with Gasteiger partial charge in [-0.25, -0.2) is 9.97 Å². The van der Waals surface area contributed by atoms with Gasteiger partial charge in [0.2, 0.25) is 0 Å². The summed E-state index contributed by atoms with van der Waals surface area (Å²) >= 11 is 9.48. The van der Waals surface area contributed by atoms with Crippen LogP contribution in [0.25, 0.3) is 10.2 Å². The molecule has 2 aromatic heterocycles. The number of hydrogen-bond donors (Lipinski definition) is 0. The minimum absolute atomic E-state index is 0.577. The van der Waals surface area contributed by atoms with Crippen molar-refractivity contribution in [3.05, 3.63) is 16.1 Å². The van der Waals surface area contributed by atoms with Gasteiger partial charge in [0.25, 0.3) is 0 Å². The molecule has 0 atom stereocenters. The van der Waals surface area contributed by atoms with Gasteiger partial charge < -0.3 is 0 Å². The maximum atomic E-state index is 6.13. The van der Waals surface area contributed by atoms with Gasteiger partial charge in [0.15, 0.2) is 5.16 Å². The Kier molecular flexibility index (Phi) is 4.05. The first-order chi connectivity index (χ1) is 7.70. The van der Waals surface area contributed by atoms with Crippen molar-refractivity contribution < 1.29 is 0 Å². The topological polar surface area (TPSA) is 25.8 Å². The molecule has 0 fully saturated rings. The molecule has 0 bridgehead atoms. The minimum atomic E-state index is 0.577. The van der Waals surface area contributed by atoms with E-state index in [9.17, 15) is 0 Å². The van der Waals surface area contributed by atoms with Crippen molar-refractivity contribution in [3.8, 4) is 0 Å². The standard InChI is InChI=1S/C11H13ClN2S2/c1-3-4-5-15-11-13-9(12)8-6-7(2)16-10(8)14-11/h6H,3-5H2,1-2H3. The van der Waals surface area contributed by atoms with Crippen molar-refractivity contribution in [2.45, 2.75) is 31.8 Å². The molecule has 2 aromatic rings. The molecule has 0 aliphatic carbocycles. The van der Waals surface area contributed by atoms with Gasteiger partial charge in [0, 0.05) is 16.0 Å². The predicted octanol–water partition coefficient (Wildman–Crippen LogP) is 4.55. The Hall–Kier alpha value is -0.320. The zero-order valence-electron chi connectivity index (χ0n) is 9.29. The average molecular weight is 273 g/mol. The van der Waals surface area contributed by atoms with Gasteiger partial charge in [-0.3, -0.25) is 0 Å². The highest BCUT2D eigenvalue weighted by atomic mass is 35.5. The summed E-state index contributed by atoms with van der Waals surface area (Å²) < 4.78 is 0. The van der Waals surface area contributed by atoms with Gasteiger partial charge in [0.05, 0.1) is 0 Å². The van der Waals surface area contributed by atoms with E-state index in [1.54, 1.807) is 23.1 Å². The Morgan fingerprint density at radius 2 is 2.25 bits per heavy atom. The van der Waals surface area contributed by atoms with E-state index in [0.29, 0.717) is 5.15 Å². The number of thioether (sulfide) groups is 1. The van der Waals surface area contributed by atoms with Crippen LogP contribution in [-0.2, 0) is 0 Å². The Balaban J connectivity index is 2.27. The highest BCUT2D eigenvalue weighted by molar-refractivity contribution is 7.99. The molecule has 0 spiro atoms. The molecule has 0 aromatic carbocycles. The number of unbranched alkanes of at least 4 members (excludes halogenated alkanes) is 1. The molecule has 0 radical (unpaired) electrons. The SMILES string of the molecule is CCCCSc1nc(Cl)c2cc(C)sc2n1. The van der Waals surface area contributed by atoms with Crippen LogP contribution < -0.4 is 0 Å². The third kappa shape index (κ3) is 2.67. The van der Waals surface area contributed by atoms with Crippen molar-refractivity contribution >= 4 is 44.9 Å². The highest BCUT2D eigenvalue weighted by Gasteiger charge is 2.08. The molecule has 86 valence electrons. The molecule has 0 saturated heterocycles. The summed E-state index contributed by atoms with van der Waals surface area (Å²) in [4.78, 5) is 11.0. The zero-order valence-corrected chi connectivity index (χ0v) is 11.7. The summed E-state index contributed by atoms with van der Waals surface area (Å²) in [7, 11) is 0. The first-order valence-corrected chi connectivity index (χ1v) is 7.45. The number of nitrogens with zero attached hydrogens (tertiary/aromatic N) is 2. The molecule has 0 N–H and O–H groups in total. The molecule has 2 heterocycles. The van der Waals surface area contributed by atoms with Crippen molar-refractivity contribution in [3.63, 3.8) is 0 Å². The Morgan fingerprint density at radius 3 is 3.00 bits per heavy atom. The Labute approximate surface area is 108 Å². The molecule has 0 aliphatic rings. The summed E-state index contributed by atoms with van der Waals surface area (Å²) in [5, 5.41) is 2.35. The molecular weight excluding hydrogens is 260 g/mol. The first-order valence-electron chi connectivity index (χ1n) is 5.27. The second-order valence-corrected chi connectivity index (χ2v) is 6.23. The van der Waals surface area contributed by atoms with Gasteiger partial charge in [-0.15, -0.1) is 11.3 Å². The van der Waals surface area contributed by atoms with Gasteiger partial charge in [-0.1, -0.05) is 36.7 Å². The molecule has 0 saturated carbocycles. The largest absolute Gasteiger partial charge is 0.211 e. The zero-order chi connectivity index (χ0) is 11.5. The van der Waals surface area contributed by atoms with E-state index in [1.165, 1.54) is 17.7 Å². The summed E-state index contributed by atoms with van der Waals surface area (Å²) in [6.45, 7) is 4.24. The Morgan fingerprint density at radius 1 is 1.44 bits per heavy atom. The number of hydrogen-bond acceptors (Lipinski definition) is 4. The number of aryl methyl sites for hydroxylation is 1. The van der Waals surface area contributed by atoms with E-state index in [4.69, 9.17) is 11.6 Å². The van der Waals surface area contributed by atoms with Gasteiger partial charge in [0.1, 0.15) is 9.98 Å². The quantitative estimate of drug-likeness (QED) is 0.354. The molecule has 0 aliphatic heterocycles. The second-order valence-electron chi connectivity index (χ2n) is 3.57. The third-order valence-electron chi connectivity index (χ3n) is 2.18. The lowest BCUT2D eigenvalue weighted by Crippen LogP contribution is -1.88. The van der Waals surface area contributed by atoms with Gasteiger partial charge in [-0.05, 0) is 19.4 Å². The monoisotopic (exact) mass is 272 g/mol. The summed E-state index contributed by atoms with van der Waals surface area (Å²) in [6, 6.07) is 2.04. The van der Waals surface area contributed by atoms with Crippen LogP contribution >= 0.6 is 34.7 Å². The van der Waals surface area contributed by atoms with Gasteiger partial charge >= 0.3 is 0 Å². The van der Waals surface area contributed by atoms with Crippen molar-refractivity contribution in [2.75, 3.05) is 5.75 Å². The summed E-state index contributed by atoms with van der Waals surface area (Å²) in [5.74, 6) is 1.06. The second kappa shape index (κ2) is 5.34. The fourth-order valence-corrected chi connectivity index (χ4v) is 3.56. The van der Waals surface area contributed by atoms with Crippen LogP contribution in [0, 0.1) is 6.92 Å². The highest BCUT2D eigenvalue weighted by Crippen LogP contribution is 2.30. The number of fused-ring (bicyclic) bond motifs is 1. The Bertz CT molecular complexity index is 496. The van der Waals surface area contributed by atoms with E-state index in [0.717, 1.165) is 21.1 Å². The molecule has 2 rings (SSSR count). The smallest absolute Gasteiger partial charge is 0.190 e. The average Bonchev–Trinajstić information content (AvgIpc) is 2.60. The molecule has 16 heavy (non-hydrogen) atoms. The molecular formula is C11H13ClN2S2. The van der Waals surface area contributed by atoms with Crippen molar-refractivity contribution in [2.24, 2.45) is 0 Å². The number of rotatable bonds is 4. The molecule has 0 amide bonds. The maximum Gasteiger partial charge on any atom is 0.190 e. The third-order valence-corrected chi connectivity index (χ3v) is 4.34. The number of halogens is 1. The van der Waals surface area contributed by atoms with E-state index < -0.39 is 0 Å². The normalized spacial score (nSPS) is 11.2. The van der Waals surface area contributed by atoms with Crippen LogP contribution in [0.5, 0.6) is 0 Å². The van der Waals surface area contributed by atoms with Crippen molar-refractivity contribution in [1.29, 1.82) is 0 Å². The lowest BCUT2D eigenvalue weighted by atomic mass is 10.4. The van der Waals surface area contributed by atoms with Crippen LogP contribution in [0.1, 0.15) is 24.6 Å². The lowest BCUT2D eigenvalue weighted by molar-refractivity contribution is 0.891. The van der Waals surface area contributed by atoms with Crippen molar-refractivity contribution in [1.82, 2.24) is 9.97 Å².